The zero-order valence-electron chi connectivity index (χ0n) is 12.1. The fourth-order valence-electron chi connectivity index (χ4n) is 2.22. The molecule has 23 heavy (non-hydrogen) atoms. The summed E-state index contributed by atoms with van der Waals surface area (Å²) in [6.07, 6.45) is 1.38. The number of aromatic nitrogens is 1. The fourth-order valence-corrected chi connectivity index (χ4v) is 3.91. The maximum Gasteiger partial charge on any atom is 0.226 e. The van der Waals surface area contributed by atoms with E-state index >= 15 is 0 Å². The third-order valence-electron chi connectivity index (χ3n) is 3.27. The Hall–Kier alpha value is -2.11. The van der Waals surface area contributed by atoms with Gasteiger partial charge in [-0.1, -0.05) is 48.0 Å². The summed E-state index contributed by atoms with van der Waals surface area (Å²) in [5.74, 6) is 0.0999. The fraction of sp³-hybridized carbons (Fsp3) is 0.118. The van der Waals surface area contributed by atoms with E-state index in [9.17, 15) is 8.42 Å². The van der Waals surface area contributed by atoms with E-state index < -0.39 is 9.84 Å². The molecule has 0 N–H and O–H groups in total. The highest BCUT2D eigenvalue weighted by atomic mass is 35.5. The largest absolute Gasteiger partial charge is 0.444 e. The van der Waals surface area contributed by atoms with Crippen LogP contribution in [0.4, 0.5) is 0 Å². The monoisotopic (exact) mass is 347 g/mol. The molecule has 0 saturated heterocycles. The summed E-state index contributed by atoms with van der Waals surface area (Å²) in [4.78, 5) is 4.25. The molecule has 1 aromatic heterocycles. The molecule has 0 atom stereocenters. The van der Waals surface area contributed by atoms with Crippen molar-refractivity contribution in [1.29, 1.82) is 0 Å². The van der Waals surface area contributed by atoms with Gasteiger partial charge < -0.3 is 4.42 Å². The Morgan fingerprint density at radius 2 is 1.65 bits per heavy atom. The van der Waals surface area contributed by atoms with Crippen molar-refractivity contribution in [2.45, 2.75) is 11.5 Å². The minimum Gasteiger partial charge on any atom is -0.444 e. The molecule has 0 spiro atoms. The Bertz CT molecular complexity index is 904. The topological polar surface area (TPSA) is 60.2 Å². The van der Waals surface area contributed by atoms with Crippen LogP contribution in [0.2, 0.25) is 5.02 Å². The molecule has 0 saturated carbocycles. The molecule has 0 amide bonds. The number of benzene rings is 2. The molecule has 1 heterocycles. The van der Waals surface area contributed by atoms with E-state index in [0.717, 1.165) is 5.56 Å². The van der Waals surface area contributed by atoms with Gasteiger partial charge in [0, 0.05) is 10.6 Å². The molecule has 0 fully saturated rings. The Labute approximate surface area is 139 Å². The van der Waals surface area contributed by atoms with Gasteiger partial charge >= 0.3 is 0 Å². The standard InChI is InChI=1S/C17H14ClNO3S/c18-16-9-5-4-8-14(16)11-23(20,21)12-15-10-22-17(19-15)13-6-2-1-3-7-13/h1-10H,11-12H2. The predicted molar refractivity (Wildman–Crippen MR) is 89.7 cm³/mol. The molecule has 4 nitrogen and oxygen atoms in total. The number of rotatable bonds is 5. The summed E-state index contributed by atoms with van der Waals surface area (Å²) in [7, 11) is -3.39. The number of halogens is 1. The Morgan fingerprint density at radius 1 is 0.957 bits per heavy atom. The van der Waals surface area contributed by atoms with Crippen LogP contribution in [0.25, 0.3) is 11.5 Å². The van der Waals surface area contributed by atoms with E-state index in [-0.39, 0.29) is 11.5 Å². The van der Waals surface area contributed by atoms with Crippen LogP contribution in [0.5, 0.6) is 0 Å². The predicted octanol–water partition coefficient (Wildman–Crippen LogP) is 4.11. The lowest BCUT2D eigenvalue weighted by Gasteiger charge is -2.04. The van der Waals surface area contributed by atoms with Gasteiger partial charge in [-0.25, -0.2) is 13.4 Å². The lowest BCUT2D eigenvalue weighted by atomic mass is 10.2. The molecular formula is C17H14ClNO3S. The van der Waals surface area contributed by atoms with Crippen molar-refractivity contribution in [3.05, 3.63) is 77.1 Å². The summed E-state index contributed by atoms with van der Waals surface area (Å²) in [6.45, 7) is 0. The lowest BCUT2D eigenvalue weighted by molar-refractivity contribution is 0.571. The van der Waals surface area contributed by atoms with E-state index in [0.29, 0.717) is 22.2 Å². The van der Waals surface area contributed by atoms with Crippen molar-refractivity contribution in [3.63, 3.8) is 0 Å². The molecule has 0 radical (unpaired) electrons. The second-order valence-electron chi connectivity index (χ2n) is 5.13. The highest BCUT2D eigenvalue weighted by molar-refractivity contribution is 7.89. The number of oxazole rings is 1. The van der Waals surface area contributed by atoms with Gasteiger partial charge in [0.25, 0.3) is 0 Å². The van der Waals surface area contributed by atoms with Gasteiger partial charge in [-0.05, 0) is 23.8 Å². The maximum atomic E-state index is 12.3. The van der Waals surface area contributed by atoms with Crippen LogP contribution < -0.4 is 0 Å². The molecule has 3 aromatic rings. The molecule has 0 aliphatic rings. The number of hydrogen-bond acceptors (Lipinski definition) is 4. The Balaban J connectivity index is 1.77. The van der Waals surface area contributed by atoms with Gasteiger partial charge in [-0.3, -0.25) is 0 Å². The first kappa shape index (κ1) is 15.8. The third-order valence-corrected chi connectivity index (χ3v) is 5.13. The van der Waals surface area contributed by atoms with E-state index in [1.165, 1.54) is 6.26 Å². The van der Waals surface area contributed by atoms with Crippen LogP contribution in [0.3, 0.4) is 0 Å². The van der Waals surface area contributed by atoms with Crippen molar-refractivity contribution < 1.29 is 12.8 Å². The SMILES string of the molecule is O=S(=O)(Cc1coc(-c2ccccc2)n1)Cc1ccccc1Cl. The second-order valence-corrected chi connectivity index (χ2v) is 7.61. The Morgan fingerprint density at radius 3 is 2.39 bits per heavy atom. The molecular weight excluding hydrogens is 334 g/mol. The zero-order valence-corrected chi connectivity index (χ0v) is 13.7. The van der Waals surface area contributed by atoms with Gasteiger partial charge in [0.15, 0.2) is 9.84 Å². The highest BCUT2D eigenvalue weighted by Crippen LogP contribution is 2.22. The van der Waals surface area contributed by atoms with E-state index in [1.807, 2.05) is 30.3 Å². The van der Waals surface area contributed by atoms with Gasteiger partial charge in [0.2, 0.25) is 5.89 Å². The molecule has 0 aliphatic heterocycles. The molecule has 0 bridgehead atoms. The summed E-state index contributed by atoms with van der Waals surface area (Å²) in [5.41, 5.74) is 1.78. The molecule has 0 unspecified atom stereocenters. The first-order chi connectivity index (χ1) is 11.0. The van der Waals surface area contributed by atoms with Crippen molar-refractivity contribution in [2.24, 2.45) is 0 Å². The maximum absolute atomic E-state index is 12.3. The first-order valence-corrected chi connectivity index (χ1v) is 9.17. The third kappa shape index (κ3) is 4.00. The number of hydrogen-bond donors (Lipinski definition) is 0. The lowest BCUT2D eigenvalue weighted by Crippen LogP contribution is -2.08. The van der Waals surface area contributed by atoms with E-state index in [2.05, 4.69) is 4.98 Å². The van der Waals surface area contributed by atoms with Crippen LogP contribution in [0, 0.1) is 0 Å². The zero-order chi connectivity index (χ0) is 16.3. The quantitative estimate of drug-likeness (QED) is 0.696. The second kappa shape index (κ2) is 6.56. The van der Waals surface area contributed by atoms with Gasteiger partial charge in [0.05, 0.1) is 17.2 Å². The van der Waals surface area contributed by atoms with Crippen LogP contribution in [0.15, 0.2) is 65.3 Å². The van der Waals surface area contributed by atoms with Crippen LogP contribution in [-0.4, -0.2) is 13.4 Å². The normalized spacial score (nSPS) is 11.5. The molecule has 3 rings (SSSR count). The molecule has 2 aromatic carbocycles. The van der Waals surface area contributed by atoms with E-state index in [1.54, 1.807) is 24.3 Å². The van der Waals surface area contributed by atoms with Crippen molar-refractivity contribution in [3.8, 4) is 11.5 Å². The van der Waals surface area contributed by atoms with Crippen molar-refractivity contribution >= 4 is 21.4 Å². The van der Waals surface area contributed by atoms with Crippen LogP contribution in [0.1, 0.15) is 11.3 Å². The number of sulfone groups is 1. The summed E-state index contributed by atoms with van der Waals surface area (Å²) < 4.78 is 30.0. The minimum absolute atomic E-state index is 0.125. The highest BCUT2D eigenvalue weighted by Gasteiger charge is 2.18. The Kier molecular flexibility index (Phi) is 4.50. The number of nitrogens with zero attached hydrogens (tertiary/aromatic N) is 1. The van der Waals surface area contributed by atoms with Gasteiger partial charge in [-0.2, -0.15) is 0 Å². The smallest absolute Gasteiger partial charge is 0.226 e. The van der Waals surface area contributed by atoms with Gasteiger partial charge in [-0.15, -0.1) is 0 Å². The minimum atomic E-state index is -3.39. The molecule has 0 aliphatic carbocycles. The average molecular weight is 348 g/mol. The van der Waals surface area contributed by atoms with Crippen LogP contribution in [-0.2, 0) is 21.3 Å². The summed E-state index contributed by atoms with van der Waals surface area (Å²) in [5, 5.41) is 0.446. The van der Waals surface area contributed by atoms with Crippen molar-refractivity contribution in [2.75, 3.05) is 0 Å². The van der Waals surface area contributed by atoms with E-state index in [4.69, 9.17) is 16.0 Å². The average Bonchev–Trinajstić information content (AvgIpc) is 2.98. The summed E-state index contributed by atoms with van der Waals surface area (Å²) in [6, 6.07) is 16.3. The molecule has 118 valence electrons. The molecule has 6 heteroatoms. The van der Waals surface area contributed by atoms with Crippen molar-refractivity contribution in [1.82, 2.24) is 4.98 Å². The van der Waals surface area contributed by atoms with Crippen LogP contribution >= 0.6 is 11.6 Å². The first-order valence-electron chi connectivity index (χ1n) is 6.97. The summed E-state index contributed by atoms with van der Waals surface area (Å²) >= 11 is 6.02. The van der Waals surface area contributed by atoms with Gasteiger partial charge in [0.1, 0.15) is 6.26 Å².